The molecule has 1 aromatic rings. The van der Waals surface area contributed by atoms with E-state index < -0.39 is 27.8 Å². The second kappa shape index (κ2) is 10.9. The van der Waals surface area contributed by atoms with E-state index >= 15 is 0 Å². The highest BCUT2D eigenvalue weighted by molar-refractivity contribution is 7.89. The Morgan fingerprint density at radius 1 is 1.24 bits per heavy atom. The minimum absolute atomic E-state index is 0.0925. The molecule has 186 valence electrons. The Hall–Kier alpha value is -1.35. The first-order valence-electron chi connectivity index (χ1n) is 12.1. The molecule has 3 rings (SSSR count). The summed E-state index contributed by atoms with van der Waals surface area (Å²) in [6.45, 7) is 6.46. The van der Waals surface area contributed by atoms with Crippen LogP contribution in [0.2, 0.25) is 5.02 Å². The minimum Gasteiger partial charge on any atom is -0.441 e. The van der Waals surface area contributed by atoms with Gasteiger partial charge in [-0.3, -0.25) is 0 Å². The number of carbonyl (C=O) groups is 1. The first-order chi connectivity index (χ1) is 15.7. The summed E-state index contributed by atoms with van der Waals surface area (Å²) in [6, 6.07) is 5.36. The number of ether oxygens (including phenoxy) is 1. The molecule has 1 saturated carbocycles. The first-order valence-corrected chi connectivity index (χ1v) is 13.9. The molecule has 1 saturated heterocycles. The first kappa shape index (κ1) is 26.3. The number of sulfonamides is 1. The van der Waals surface area contributed by atoms with Crippen molar-refractivity contribution >= 4 is 27.7 Å². The fraction of sp³-hybridized carbons (Fsp3) is 0.708. The van der Waals surface area contributed by atoms with E-state index in [0.717, 1.165) is 25.7 Å². The Morgan fingerprint density at radius 2 is 1.91 bits per heavy atom. The normalized spacial score (nSPS) is 21.8. The molecule has 2 fully saturated rings. The highest BCUT2D eigenvalue weighted by Crippen LogP contribution is 2.48. The van der Waals surface area contributed by atoms with Gasteiger partial charge in [-0.25, -0.2) is 13.2 Å². The van der Waals surface area contributed by atoms with Crippen LogP contribution >= 0.6 is 11.6 Å². The van der Waals surface area contributed by atoms with Gasteiger partial charge in [-0.05, 0) is 69.2 Å². The SMILES string of the molecule is CCC[C@H](CC)N([C@H](CC)C1(OC(=O)N2CCC[C@H]2CO)CC1)S(=O)(=O)c1ccc(Cl)cc1. The largest absolute Gasteiger partial charge is 0.441 e. The lowest BCUT2D eigenvalue weighted by molar-refractivity contribution is -0.00194. The van der Waals surface area contributed by atoms with E-state index in [4.69, 9.17) is 16.3 Å². The summed E-state index contributed by atoms with van der Waals surface area (Å²) in [6.07, 6.45) is 5.16. The van der Waals surface area contributed by atoms with E-state index in [1.54, 1.807) is 21.3 Å². The van der Waals surface area contributed by atoms with Crippen molar-refractivity contribution in [2.75, 3.05) is 13.2 Å². The standard InChI is InChI=1S/C24H37ClN2O5S/c1-4-8-19(5-2)27(33(30,31)21-12-10-18(25)11-13-21)22(6-3)24(14-15-24)32-23(29)26-16-7-9-20(26)17-28/h10-13,19-20,22,28H,4-9,14-17H2,1-3H3/t19-,20-,22+/m0/s1. The van der Waals surface area contributed by atoms with Gasteiger partial charge in [-0.2, -0.15) is 4.31 Å². The average molecular weight is 501 g/mol. The topological polar surface area (TPSA) is 87.2 Å². The molecule has 0 radical (unpaired) electrons. The van der Waals surface area contributed by atoms with Gasteiger partial charge in [0.05, 0.1) is 23.6 Å². The van der Waals surface area contributed by atoms with Gasteiger partial charge in [-0.15, -0.1) is 0 Å². The van der Waals surface area contributed by atoms with Crippen molar-refractivity contribution in [3.63, 3.8) is 0 Å². The lowest BCUT2D eigenvalue weighted by atomic mass is 10.0. The third-order valence-corrected chi connectivity index (χ3v) is 9.23. The van der Waals surface area contributed by atoms with Crippen molar-refractivity contribution in [3.8, 4) is 0 Å². The number of aliphatic hydroxyl groups excluding tert-OH is 1. The van der Waals surface area contributed by atoms with Gasteiger partial charge in [-0.1, -0.05) is 38.8 Å². The van der Waals surface area contributed by atoms with Crippen LogP contribution in [-0.2, 0) is 14.8 Å². The number of hydrogen-bond acceptors (Lipinski definition) is 5. The van der Waals surface area contributed by atoms with Crippen molar-refractivity contribution in [3.05, 3.63) is 29.3 Å². The zero-order chi connectivity index (χ0) is 24.2. The molecule has 9 heteroatoms. The van der Waals surface area contributed by atoms with Gasteiger partial charge in [0.2, 0.25) is 10.0 Å². The van der Waals surface area contributed by atoms with Gasteiger partial charge in [0, 0.05) is 17.6 Å². The number of likely N-dealkylation sites (tertiary alicyclic amines) is 1. The maximum atomic E-state index is 13.9. The predicted octanol–water partition coefficient (Wildman–Crippen LogP) is 4.81. The minimum atomic E-state index is -3.85. The molecule has 1 aliphatic carbocycles. The van der Waals surface area contributed by atoms with Gasteiger partial charge >= 0.3 is 6.09 Å². The zero-order valence-electron chi connectivity index (χ0n) is 19.9. The summed E-state index contributed by atoms with van der Waals surface area (Å²) >= 11 is 6.01. The van der Waals surface area contributed by atoms with Crippen LogP contribution in [0.15, 0.2) is 29.2 Å². The van der Waals surface area contributed by atoms with E-state index in [1.165, 1.54) is 12.1 Å². The van der Waals surface area contributed by atoms with E-state index in [2.05, 4.69) is 0 Å². The quantitative estimate of drug-likeness (QED) is 0.471. The molecule has 0 spiro atoms. The molecule has 2 aliphatic rings. The van der Waals surface area contributed by atoms with E-state index in [-0.39, 0.29) is 23.6 Å². The fourth-order valence-electron chi connectivity index (χ4n) is 5.10. The molecule has 0 unspecified atom stereocenters. The molecular formula is C24H37ClN2O5S. The Bertz CT molecular complexity index is 904. The van der Waals surface area contributed by atoms with Crippen LogP contribution in [0.1, 0.15) is 72.1 Å². The molecule has 33 heavy (non-hydrogen) atoms. The molecule has 1 amide bonds. The lowest BCUT2D eigenvalue weighted by Crippen LogP contribution is -2.55. The molecule has 7 nitrogen and oxygen atoms in total. The van der Waals surface area contributed by atoms with Gasteiger partial charge < -0.3 is 14.7 Å². The maximum Gasteiger partial charge on any atom is 0.410 e. The van der Waals surface area contributed by atoms with Crippen LogP contribution in [0.4, 0.5) is 4.79 Å². The second-order valence-electron chi connectivity index (χ2n) is 9.17. The third kappa shape index (κ3) is 5.50. The summed E-state index contributed by atoms with van der Waals surface area (Å²) < 4.78 is 35.6. The summed E-state index contributed by atoms with van der Waals surface area (Å²) in [5.74, 6) is 0. The predicted molar refractivity (Wildman–Crippen MR) is 129 cm³/mol. The maximum absolute atomic E-state index is 13.9. The summed E-state index contributed by atoms with van der Waals surface area (Å²) in [4.78, 5) is 14.8. The van der Waals surface area contributed by atoms with E-state index in [1.807, 2.05) is 20.8 Å². The smallest absolute Gasteiger partial charge is 0.410 e. The van der Waals surface area contributed by atoms with Crippen LogP contribution in [0.25, 0.3) is 0 Å². The van der Waals surface area contributed by atoms with Crippen LogP contribution in [0.3, 0.4) is 0 Å². The van der Waals surface area contributed by atoms with Crippen LogP contribution in [0.5, 0.6) is 0 Å². The number of aliphatic hydroxyl groups is 1. The van der Waals surface area contributed by atoms with Crippen molar-refractivity contribution < 1.29 is 23.1 Å². The Labute approximate surface area is 203 Å². The van der Waals surface area contributed by atoms with Crippen molar-refractivity contribution in [2.45, 2.75) is 101 Å². The summed E-state index contributed by atoms with van der Waals surface area (Å²) in [7, 11) is -3.85. The lowest BCUT2D eigenvalue weighted by Gasteiger charge is -2.41. The molecule has 3 atom stereocenters. The number of rotatable bonds is 11. The van der Waals surface area contributed by atoms with Crippen molar-refractivity contribution in [1.82, 2.24) is 9.21 Å². The zero-order valence-corrected chi connectivity index (χ0v) is 21.4. The Kier molecular flexibility index (Phi) is 8.70. The Balaban J connectivity index is 1.95. The second-order valence-corrected chi connectivity index (χ2v) is 11.4. The number of hydrogen-bond donors (Lipinski definition) is 1. The molecular weight excluding hydrogens is 464 g/mol. The number of carbonyl (C=O) groups excluding carboxylic acids is 1. The van der Waals surface area contributed by atoms with Crippen LogP contribution in [0, 0.1) is 0 Å². The number of nitrogens with zero attached hydrogens (tertiary/aromatic N) is 2. The molecule has 1 aliphatic heterocycles. The van der Waals surface area contributed by atoms with Crippen molar-refractivity contribution in [1.29, 1.82) is 0 Å². The van der Waals surface area contributed by atoms with Gasteiger partial charge in [0.25, 0.3) is 0 Å². The van der Waals surface area contributed by atoms with Crippen LogP contribution < -0.4 is 0 Å². The monoisotopic (exact) mass is 500 g/mol. The number of halogens is 1. The molecule has 1 heterocycles. The average Bonchev–Trinajstić information content (AvgIpc) is 3.40. The van der Waals surface area contributed by atoms with Crippen molar-refractivity contribution in [2.24, 2.45) is 0 Å². The number of benzene rings is 1. The highest BCUT2D eigenvalue weighted by Gasteiger charge is 2.58. The van der Waals surface area contributed by atoms with E-state index in [0.29, 0.717) is 37.3 Å². The Morgan fingerprint density at radius 3 is 2.42 bits per heavy atom. The van der Waals surface area contributed by atoms with Crippen LogP contribution in [-0.4, -0.2) is 65.7 Å². The van der Waals surface area contributed by atoms with E-state index in [9.17, 15) is 18.3 Å². The molecule has 0 bridgehead atoms. The fourth-order valence-corrected chi connectivity index (χ4v) is 7.27. The number of amides is 1. The van der Waals surface area contributed by atoms with Gasteiger partial charge in [0.1, 0.15) is 5.60 Å². The third-order valence-electron chi connectivity index (χ3n) is 7.00. The molecule has 1 N–H and O–H groups in total. The molecule has 0 aromatic heterocycles. The summed E-state index contributed by atoms with van der Waals surface area (Å²) in [5, 5.41) is 10.1. The summed E-state index contributed by atoms with van der Waals surface area (Å²) in [5.41, 5.74) is -0.838. The molecule has 1 aromatic carbocycles. The highest BCUT2D eigenvalue weighted by atomic mass is 35.5. The van der Waals surface area contributed by atoms with Gasteiger partial charge in [0.15, 0.2) is 0 Å².